The van der Waals surface area contributed by atoms with Crippen LogP contribution >= 0.6 is 12.6 Å². The fraction of sp³-hybridized carbons (Fsp3) is 0.615. The maximum atomic E-state index is 13.8. The second kappa shape index (κ2) is 13.0. The number of hydrogen-bond acceptors (Lipinski definition) is 7. The van der Waals surface area contributed by atoms with E-state index in [0.717, 1.165) is 24.0 Å². The molecule has 1 aromatic carbocycles. The van der Waals surface area contributed by atoms with E-state index in [1.807, 2.05) is 32.0 Å². The van der Waals surface area contributed by atoms with Gasteiger partial charge in [0, 0.05) is 18.3 Å². The van der Waals surface area contributed by atoms with Crippen molar-refractivity contribution in [3.8, 4) is 0 Å². The molecule has 2 unspecified atom stereocenters. The van der Waals surface area contributed by atoms with Crippen molar-refractivity contribution in [2.24, 2.45) is 0 Å². The third kappa shape index (κ3) is 8.72. The number of carbonyl (C=O) groups excluding carboxylic acids is 4. The highest BCUT2D eigenvalue weighted by Crippen LogP contribution is 2.36. The van der Waals surface area contributed by atoms with Gasteiger partial charge in [0.05, 0.1) is 13.0 Å². The molecule has 1 saturated carbocycles. The Bertz CT molecular complexity index is 957. The van der Waals surface area contributed by atoms with Crippen LogP contribution in [-0.4, -0.2) is 65.4 Å². The van der Waals surface area contributed by atoms with Gasteiger partial charge in [-0.25, -0.2) is 4.79 Å². The minimum Gasteiger partial charge on any atom is -0.466 e. The first-order valence-electron chi connectivity index (χ1n) is 12.3. The molecule has 1 aromatic rings. The Morgan fingerprint density at radius 2 is 1.83 bits per heavy atom. The number of rotatable bonds is 11. The molecule has 1 aliphatic carbocycles. The van der Waals surface area contributed by atoms with Gasteiger partial charge in [-0.2, -0.15) is 12.6 Å². The van der Waals surface area contributed by atoms with E-state index in [1.165, 1.54) is 0 Å². The fourth-order valence-corrected chi connectivity index (χ4v) is 4.10. The molecule has 2 N–H and O–H groups in total. The summed E-state index contributed by atoms with van der Waals surface area (Å²) in [5, 5.41) is 5.40. The van der Waals surface area contributed by atoms with E-state index in [9.17, 15) is 19.2 Å². The molecule has 0 aromatic heterocycles. The number of benzene rings is 1. The molecule has 0 bridgehead atoms. The van der Waals surface area contributed by atoms with Crippen molar-refractivity contribution in [3.63, 3.8) is 0 Å². The average Bonchev–Trinajstić information content (AvgIpc) is 3.60. The molecule has 2 atom stereocenters. The van der Waals surface area contributed by atoms with Gasteiger partial charge in [-0.1, -0.05) is 23.8 Å². The van der Waals surface area contributed by atoms with Gasteiger partial charge in [0.25, 0.3) is 0 Å². The van der Waals surface area contributed by atoms with Crippen LogP contribution in [0.5, 0.6) is 0 Å². The highest BCUT2D eigenvalue weighted by Gasteiger charge is 2.44. The molecular weight excluding hydrogens is 482 g/mol. The van der Waals surface area contributed by atoms with Crippen LogP contribution in [0.1, 0.15) is 69.7 Å². The maximum absolute atomic E-state index is 13.8. The van der Waals surface area contributed by atoms with E-state index in [4.69, 9.17) is 9.47 Å². The van der Waals surface area contributed by atoms with Crippen LogP contribution < -0.4 is 10.6 Å². The largest absolute Gasteiger partial charge is 0.466 e. The second-order valence-electron chi connectivity index (χ2n) is 9.97. The molecule has 2 rings (SSSR count). The van der Waals surface area contributed by atoms with Crippen LogP contribution in [0.4, 0.5) is 4.79 Å². The Hall–Kier alpha value is -2.75. The van der Waals surface area contributed by atoms with Crippen LogP contribution in [0, 0.1) is 13.8 Å². The standard InChI is InChI=1S/C26H39N3O6S/c1-7-34-21(30)12-13-27-23(31)22(19-11-8-16(2)14-17(19)3)29(18-9-10-18)24(32)20(15-36)28-25(33)35-26(4,5)6/h8,11,14,18,20,22,36H,7,9-10,12-13,15H2,1-6H3,(H,27,31)(H,28,33). The Morgan fingerprint density at radius 3 is 2.36 bits per heavy atom. The zero-order valence-corrected chi connectivity index (χ0v) is 22.9. The SMILES string of the molecule is CCOC(=O)CCNC(=O)C(c1ccc(C)cc1C)N(C(=O)C(CS)NC(=O)OC(C)(C)C)C1CC1. The molecule has 1 fully saturated rings. The summed E-state index contributed by atoms with van der Waals surface area (Å²) in [6.45, 7) is 11.1. The lowest BCUT2D eigenvalue weighted by Crippen LogP contribution is -2.54. The number of nitrogens with one attached hydrogen (secondary N) is 2. The van der Waals surface area contributed by atoms with Crippen molar-refractivity contribution >= 4 is 36.5 Å². The topological polar surface area (TPSA) is 114 Å². The number of aryl methyl sites for hydroxylation is 2. The summed E-state index contributed by atoms with van der Waals surface area (Å²) < 4.78 is 10.3. The van der Waals surface area contributed by atoms with E-state index in [1.54, 1.807) is 32.6 Å². The predicted molar refractivity (Wildman–Crippen MR) is 140 cm³/mol. The van der Waals surface area contributed by atoms with E-state index in [0.29, 0.717) is 5.56 Å². The van der Waals surface area contributed by atoms with E-state index in [-0.39, 0.29) is 31.4 Å². The molecule has 3 amide bonds. The Kier molecular flexibility index (Phi) is 10.6. The second-order valence-corrected chi connectivity index (χ2v) is 10.3. The van der Waals surface area contributed by atoms with Crippen LogP contribution in [0.15, 0.2) is 18.2 Å². The van der Waals surface area contributed by atoms with Crippen LogP contribution in [0.2, 0.25) is 0 Å². The lowest BCUT2D eigenvalue weighted by atomic mass is 9.96. The number of amides is 3. The van der Waals surface area contributed by atoms with E-state index >= 15 is 0 Å². The van der Waals surface area contributed by atoms with Gasteiger partial charge in [-0.15, -0.1) is 0 Å². The molecule has 200 valence electrons. The summed E-state index contributed by atoms with van der Waals surface area (Å²) in [5.74, 6) is -1.19. The average molecular weight is 522 g/mol. The molecule has 0 aliphatic heterocycles. The van der Waals surface area contributed by atoms with Crippen molar-refractivity contribution in [1.29, 1.82) is 0 Å². The fourth-order valence-electron chi connectivity index (χ4n) is 3.85. The zero-order valence-electron chi connectivity index (χ0n) is 22.1. The highest BCUT2D eigenvalue weighted by atomic mass is 32.1. The first kappa shape index (κ1) is 29.5. The smallest absolute Gasteiger partial charge is 0.408 e. The van der Waals surface area contributed by atoms with Crippen LogP contribution in [0.3, 0.4) is 0 Å². The van der Waals surface area contributed by atoms with Gasteiger partial charge in [0.2, 0.25) is 11.8 Å². The van der Waals surface area contributed by atoms with Crippen molar-refractivity contribution in [2.45, 2.75) is 84.5 Å². The predicted octanol–water partition coefficient (Wildman–Crippen LogP) is 3.23. The lowest BCUT2D eigenvalue weighted by Gasteiger charge is -2.35. The molecule has 1 aliphatic rings. The number of alkyl carbamates (subject to hydrolysis) is 1. The van der Waals surface area contributed by atoms with Gasteiger partial charge in [0.1, 0.15) is 17.7 Å². The van der Waals surface area contributed by atoms with Gasteiger partial charge in [-0.3, -0.25) is 14.4 Å². The third-order valence-corrected chi connectivity index (χ3v) is 5.91. The normalized spacial score (nSPS) is 14.9. The monoisotopic (exact) mass is 521 g/mol. The first-order valence-corrected chi connectivity index (χ1v) is 12.9. The van der Waals surface area contributed by atoms with E-state index in [2.05, 4.69) is 23.3 Å². The van der Waals surface area contributed by atoms with Crippen molar-refractivity contribution in [2.75, 3.05) is 18.9 Å². The molecular formula is C26H39N3O6S. The Labute approximate surface area is 219 Å². The van der Waals surface area contributed by atoms with E-state index < -0.39 is 41.6 Å². The van der Waals surface area contributed by atoms with Gasteiger partial charge in [-0.05, 0) is 65.5 Å². The quantitative estimate of drug-likeness (QED) is 0.304. The minimum atomic E-state index is -0.982. The minimum absolute atomic E-state index is 0.0238. The van der Waals surface area contributed by atoms with Crippen molar-refractivity contribution < 1.29 is 28.7 Å². The molecule has 10 heteroatoms. The van der Waals surface area contributed by atoms with Gasteiger partial charge >= 0.3 is 12.1 Å². The molecule has 0 saturated heterocycles. The lowest BCUT2D eigenvalue weighted by molar-refractivity contribution is -0.144. The third-order valence-electron chi connectivity index (χ3n) is 5.55. The number of hydrogen-bond donors (Lipinski definition) is 3. The molecule has 9 nitrogen and oxygen atoms in total. The zero-order chi connectivity index (χ0) is 27.0. The summed E-state index contributed by atoms with van der Waals surface area (Å²) in [5.41, 5.74) is 1.85. The number of carbonyl (C=O) groups is 4. The van der Waals surface area contributed by atoms with Gasteiger partial charge in [0.15, 0.2) is 0 Å². The van der Waals surface area contributed by atoms with Crippen LogP contribution in [-0.2, 0) is 23.9 Å². The number of esters is 1. The summed E-state index contributed by atoms with van der Waals surface area (Å²) in [6.07, 6.45) is 0.785. The van der Waals surface area contributed by atoms with Gasteiger partial charge < -0.3 is 25.0 Å². The first-order chi connectivity index (χ1) is 16.9. The van der Waals surface area contributed by atoms with Crippen molar-refractivity contribution in [1.82, 2.24) is 15.5 Å². The number of ether oxygens (including phenoxy) is 2. The van der Waals surface area contributed by atoms with Crippen LogP contribution in [0.25, 0.3) is 0 Å². The maximum Gasteiger partial charge on any atom is 0.408 e. The number of nitrogens with zero attached hydrogens (tertiary/aromatic N) is 1. The Morgan fingerprint density at radius 1 is 1.17 bits per heavy atom. The summed E-state index contributed by atoms with van der Waals surface area (Å²) in [4.78, 5) is 53.0. The Balaban J connectivity index is 2.35. The summed E-state index contributed by atoms with van der Waals surface area (Å²) in [7, 11) is 0. The number of thiol groups is 1. The molecule has 0 heterocycles. The summed E-state index contributed by atoms with van der Waals surface area (Å²) >= 11 is 4.29. The molecule has 0 radical (unpaired) electrons. The van der Waals surface area contributed by atoms with Crippen molar-refractivity contribution in [3.05, 3.63) is 34.9 Å². The molecule has 0 spiro atoms. The molecule has 36 heavy (non-hydrogen) atoms. The highest BCUT2D eigenvalue weighted by molar-refractivity contribution is 7.80. The summed E-state index contributed by atoms with van der Waals surface area (Å²) in [6, 6.07) is 3.63.